The Morgan fingerprint density at radius 2 is 1.93 bits per heavy atom. The maximum Gasteiger partial charge on any atom is 0.223 e. The van der Waals surface area contributed by atoms with Crippen LogP contribution in [0.3, 0.4) is 0 Å². The Morgan fingerprint density at radius 1 is 1.40 bits per heavy atom. The van der Waals surface area contributed by atoms with Crippen LogP contribution < -0.4 is 5.73 Å². The van der Waals surface area contributed by atoms with E-state index in [1.54, 1.807) is 0 Å². The van der Waals surface area contributed by atoms with Crippen LogP contribution in [-0.2, 0) is 4.79 Å². The van der Waals surface area contributed by atoms with Crippen LogP contribution in [-0.4, -0.2) is 28.9 Å². The number of rotatable bonds is 3. The third kappa shape index (κ3) is 3.49. The fraction of sp³-hybridized carbons (Fsp3) is 0.917. The Bertz CT molecular complexity index is 206. The number of carbonyl (C=O) groups excluding carboxylic acids is 1. The summed E-state index contributed by atoms with van der Waals surface area (Å²) in [7, 11) is 0. The maximum absolute atomic E-state index is 12.0. The first-order chi connectivity index (χ1) is 7.02. The minimum absolute atomic E-state index is 0.129. The zero-order valence-corrected chi connectivity index (χ0v) is 10.2. The third-order valence-electron chi connectivity index (χ3n) is 3.30. The van der Waals surface area contributed by atoms with E-state index in [-0.39, 0.29) is 11.9 Å². The molecule has 3 atom stereocenters. The number of piperidine rings is 1. The molecule has 3 nitrogen and oxygen atoms in total. The SMILES string of the molecule is CC(N)CCC(=O)N1[C@H](C)CCC[C@@H]1C. The summed E-state index contributed by atoms with van der Waals surface area (Å²) in [6.07, 6.45) is 4.95. The van der Waals surface area contributed by atoms with Crippen LogP contribution in [0.15, 0.2) is 0 Å². The molecule has 1 unspecified atom stereocenters. The van der Waals surface area contributed by atoms with Gasteiger partial charge in [-0.1, -0.05) is 0 Å². The number of carbonyl (C=O) groups is 1. The fourth-order valence-corrected chi connectivity index (χ4v) is 2.39. The van der Waals surface area contributed by atoms with E-state index in [4.69, 9.17) is 5.73 Å². The lowest BCUT2D eigenvalue weighted by Gasteiger charge is -2.39. The van der Waals surface area contributed by atoms with Gasteiger partial charge in [-0.05, 0) is 46.5 Å². The first kappa shape index (κ1) is 12.5. The van der Waals surface area contributed by atoms with E-state index in [2.05, 4.69) is 18.7 Å². The van der Waals surface area contributed by atoms with Gasteiger partial charge in [0.2, 0.25) is 5.91 Å². The van der Waals surface area contributed by atoms with Crippen molar-refractivity contribution in [3.63, 3.8) is 0 Å². The van der Waals surface area contributed by atoms with Gasteiger partial charge >= 0.3 is 0 Å². The molecule has 1 aliphatic heterocycles. The minimum atomic E-state index is 0.129. The predicted molar refractivity (Wildman–Crippen MR) is 62.5 cm³/mol. The smallest absolute Gasteiger partial charge is 0.223 e. The highest BCUT2D eigenvalue weighted by molar-refractivity contribution is 5.77. The molecule has 0 bridgehead atoms. The molecule has 1 amide bonds. The van der Waals surface area contributed by atoms with Gasteiger partial charge in [0.05, 0.1) is 0 Å². The second-order valence-electron chi connectivity index (χ2n) is 4.95. The molecule has 1 aliphatic rings. The van der Waals surface area contributed by atoms with Gasteiger partial charge in [-0.2, -0.15) is 0 Å². The average molecular weight is 212 g/mol. The summed E-state index contributed by atoms with van der Waals surface area (Å²) in [6.45, 7) is 6.26. The quantitative estimate of drug-likeness (QED) is 0.776. The van der Waals surface area contributed by atoms with E-state index in [1.165, 1.54) is 6.42 Å². The lowest BCUT2D eigenvalue weighted by molar-refractivity contribution is -0.137. The van der Waals surface area contributed by atoms with Gasteiger partial charge in [-0.3, -0.25) is 4.79 Å². The van der Waals surface area contributed by atoms with E-state index >= 15 is 0 Å². The Balaban J connectivity index is 2.48. The van der Waals surface area contributed by atoms with Gasteiger partial charge < -0.3 is 10.6 Å². The molecule has 1 saturated heterocycles. The molecule has 0 spiro atoms. The Labute approximate surface area is 93.0 Å². The summed E-state index contributed by atoms with van der Waals surface area (Å²) < 4.78 is 0. The highest BCUT2D eigenvalue weighted by Gasteiger charge is 2.28. The van der Waals surface area contributed by atoms with Crippen LogP contribution in [0.5, 0.6) is 0 Å². The lowest BCUT2D eigenvalue weighted by Crippen LogP contribution is -2.47. The molecule has 0 aromatic rings. The van der Waals surface area contributed by atoms with E-state index in [1.807, 2.05) is 6.92 Å². The van der Waals surface area contributed by atoms with Gasteiger partial charge in [0.25, 0.3) is 0 Å². The summed E-state index contributed by atoms with van der Waals surface area (Å²) in [5.41, 5.74) is 5.67. The van der Waals surface area contributed by atoms with Crippen LogP contribution in [0, 0.1) is 0 Å². The summed E-state index contributed by atoms with van der Waals surface area (Å²) in [5.74, 6) is 0.284. The molecule has 15 heavy (non-hydrogen) atoms. The van der Waals surface area contributed by atoms with Crippen molar-refractivity contribution in [2.75, 3.05) is 0 Å². The van der Waals surface area contributed by atoms with Gasteiger partial charge in [0.1, 0.15) is 0 Å². The fourth-order valence-electron chi connectivity index (χ4n) is 2.39. The summed E-state index contributed by atoms with van der Waals surface area (Å²) >= 11 is 0. The zero-order chi connectivity index (χ0) is 11.4. The van der Waals surface area contributed by atoms with Crippen molar-refractivity contribution in [3.05, 3.63) is 0 Å². The normalized spacial score (nSPS) is 28.9. The number of hydrogen-bond acceptors (Lipinski definition) is 2. The van der Waals surface area contributed by atoms with E-state index in [0.29, 0.717) is 18.5 Å². The Hall–Kier alpha value is -0.570. The molecule has 1 rings (SSSR count). The predicted octanol–water partition coefficient (Wildman–Crippen LogP) is 1.90. The highest BCUT2D eigenvalue weighted by Crippen LogP contribution is 2.23. The molecule has 0 aromatic carbocycles. The van der Waals surface area contributed by atoms with Crippen LogP contribution in [0.1, 0.15) is 52.9 Å². The second-order valence-corrected chi connectivity index (χ2v) is 4.95. The summed E-state index contributed by atoms with van der Waals surface area (Å²) in [4.78, 5) is 14.1. The van der Waals surface area contributed by atoms with Gasteiger partial charge in [-0.25, -0.2) is 0 Å². The van der Waals surface area contributed by atoms with Gasteiger partial charge in [-0.15, -0.1) is 0 Å². The van der Waals surface area contributed by atoms with Crippen molar-refractivity contribution in [3.8, 4) is 0 Å². The lowest BCUT2D eigenvalue weighted by atomic mass is 9.96. The van der Waals surface area contributed by atoms with E-state index in [9.17, 15) is 4.79 Å². The Morgan fingerprint density at radius 3 is 2.40 bits per heavy atom. The number of amides is 1. The molecule has 0 saturated carbocycles. The maximum atomic E-state index is 12.0. The van der Waals surface area contributed by atoms with Crippen molar-refractivity contribution in [1.29, 1.82) is 0 Å². The summed E-state index contributed by atoms with van der Waals surface area (Å²) in [6, 6.07) is 0.952. The van der Waals surface area contributed by atoms with E-state index < -0.39 is 0 Å². The van der Waals surface area contributed by atoms with Crippen LogP contribution in [0.2, 0.25) is 0 Å². The van der Waals surface area contributed by atoms with Crippen molar-refractivity contribution in [2.45, 2.75) is 71.0 Å². The van der Waals surface area contributed by atoms with E-state index in [0.717, 1.165) is 19.3 Å². The van der Waals surface area contributed by atoms with Gasteiger partial charge in [0, 0.05) is 24.5 Å². The summed E-state index contributed by atoms with van der Waals surface area (Å²) in [5, 5.41) is 0. The molecule has 0 aliphatic carbocycles. The Kier molecular flexibility index (Phi) is 4.58. The molecule has 1 heterocycles. The molecule has 2 N–H and O–H groups in total. The van der Waals surface area contributed by atoms with Crippen LogP contribution in [0.25, 0.3) is 0 Å². The number of nitrogens with zero attached hydrogens (tertiary/aromatic N) is 1. The van der Waals surface area contributed by atoms with Crippen LogP contribution >= 0.6 is 0 Å². The topological polar surface area (TPSA) is 46.3 Å². The molecular weight excluding hydrogens is 188 g/mol. The highest BCUT2D eigenvalue weighted by atomic mass is 16.2. The monoisotopic (exact) mass is 212 g/mol. The standard InChI is InChI=1S/C12H24N2O/c1-9(13)7-8-12(15)14-10(2)5-4-6-11(14)3/h9-11H,4-8,13H2,1-3H3/t9?,10-,11+. The number of likely N-dealkylation sites (tertiary alicyclic amines) is 1. The third-order valence-corrected chi connectivity index (χ3v) is 3.30. The largest absolute Gasteiger partial charge is 0.337 e. The van der Waals surface area contributed by atoms with Crippen molar-refractivity contribution in [2.24, 2.45) is 5.73 Å². The minimum Gasteiger partial charge on any atom is -0.337 e. The molecule has 0 radical (unpaired) electrons. The first-order valence-corrected chi connectivity index (χ1v) is 6.09. The zero-order valence-electron chi connectivity index (χ0n) is 10.2. The average Bonchev–Trinajstić information content (AvgIpc) is 2.14. The number of hydrogen-bond donors (Lipinski definition) is 1. The van der Waals surface area contributed by atoms with Crippen molar-refractivity contribution >= 4 is 5.91 Å². The van der Waals surface area contributed by atoms with Crippen LogP contribution in [0.4, 0.5) is 0 Å². The first-order valence-electron chi connectivity index (χ1n) is 6.09. The van der Waals surface area contributed by atoms with Crippen molar-refractivity contribution in [1.82, 2.24) is 4.90 Å². The van der Waals surface area contributed by atoms with Crippen molar-refractivity contribution < 1.29 is 4.79 Å². The molecule has 1 fully saturated rings. The number of nitrogens with two attached hydrogens (primary N) is 1. The molecule has 3 heteroatoms. The van der Waals surface area contributed by atoms with Gasteiger partial charge in [0.15, 0.2) is 0 Å². The second kappa shape index (κ2) is 5.50. The molecule has 0 aromatic heterocycles. The molecule has 88 valence electrons. The molecular formula is C12H24N2O.